The minimum Gasteiger partial charge on any atom is -0.531 e. The van der Waals surface area contributed by atoms with Gasteiger partial charge in [-0.05, 0) is 0 Å². The third kappa shape index (κ3) is 5.04. The molecule has 0 radical (unpaired) electrons. The summed E-state index contributed by atoms with van der Waals surface area (Å²) in [6.45, 7) is 0. The molecule has 0 aliphatic carbocycles. The number of amides is 1. The van der Waals surface area contributed by atoms with Crippen molar-refractivity contribution in [3.63, 3.8) is 0 Å². The number of hydrogen-bond acceptors (Lipinski definition) is 3. The van der Waals surface area contributed by atoms with E-state index in [2.05, 4.69) is 0 Å². The van der Waals surface area contributed by atoms with Crippen LogP contribution in [0.1, 0.15) is 0 Å². The predicted molar refractivity (Wildman–Crippen MR) is 29.4 cm³/mol. The summed E-state index contributed by atoms with van der Waals surface area (Å²) in [7, 11) is -6.42. The summed E-state index contributed by atoms with van der Waals surface area (Å²) in [5, 5.41) is 0. The summed E-state index contributed by atoms with van der Waals surface area (Å²) in [6, 6.07) is 0. The number of carbonyl (C=O) groups excluding carboxylic acids is 1. The van der Waals surface area contributed by atoms with Crippen molar-refractivity contribution in [3.8, 4) is 0 Å². The van der Waals surface area contributed by atoms with Crippen LogP contribution in [0.3, 0.4) is 0 Å². The number of halogens is 6. The van der Waals surface area contributed by atoms with Crippen molar-refractivity contribution in [1.29, 1.82) is 0 Å². The molecule has 0 aromatic rings. The van der Waals surface area contributed by atoms with Crippen LogP contribution in [0.4, 0.5) is 26.3 Å². The first-order valence-corrected chi connectivity index (χ1v) is 3.97. The van der Waals surface area contributed by atoms with Gasteiger partial charge >= 0.3 is 41.2 Å². The van der Waals surface area contributed by atoms with Crippen molar-refractivity contribution in [1.82, 2.24) is 0 Å². The molecule has 0 aliphatic heterocycles. The molecule has 0 atom stereocenters. The average molecular weight is 267 g/mol. The van der Waals surface area contributed by atoms with Crippen molar-refractivity contribution in [2.45, 2.75) is 11.7 Å². The molecule has 12 heteroatoms. The number of sulfonamides is 1. The summed E-state index contributed by atoms with van der Waals surface area (Å²) in [4.78, 5) is 9.76. The van der Waals surface area contributed by atoms with Gasteiger partial charge in [-0.2, -0.15) is 26.3 Å². The van der Waals surface area contributed by atoms with E-state index in [1.165, 1.54) is 0 Å². The second kappa shape index (κ2) is 4.89. The Hall–Kier alpha value is -0.000000000000000444. The zero-order valence-corrected chi connectivity index (χ0v) is 9.66. The average Bonchev–Trinajstić information content (AvgIpc) is 1.80. The Morgan fingerprint density at radius 2 is 1.33 bits per heavy atom. The van der Waals surface area contributed by atoms with Crippen LogP contribution in [0, 0.1) is 0 Å². The molecule has 0 bridgehead atoms. The predicted octanol–water partition coefficient (Wildman–Crippen LogP) is -1.70. The maximum atomic E-state index is 11.4. The molecule has 0 saturated heterocycles. The second-order valence-electron chi connectivity index (χ2n) is 1.82. The molecule has 1 amide bonds. The third-order valence-corrected chi connectivity index (χ3v) is 1.73. The van der Waals surface area contributed by atoms with Crippen molar-refractivity contribution >= 4 is 15.9 Å². The van der Waals surface area contributed by atoms with E-state index in [1.807, 2.05) is 0 Å². The van der Waals surface area contributed by atoms with E-state index in [-0.39, 0.29) is 29.6 Å². The maximum absolute atomic E-state index is 11.4. The van der Waals surface area contributed by atoms with Crippen LogP contribution < -0.4 is 29.6 Å². The SMILES string of the molecule is O=C([N-]S(=O)(=O)C(F)(F)F)C(F)(F)F.[Na+]. The number of nitrogens with zero attached hydrogens (tertiary/aromatic N) is 1. The van der Waals surface area contributed by atoms with Gasteiger partial charge in [0.15, 0.2) is 15.9 Å². The largest absolute Gasteiger partial charge is 1.00 e. The molecule has 0 aromatic carbocycles. The number of carbonyl (C=O) groups is 1. The van der Waals surface area contributed by atoms with Crippen LogP contribution in [0.5, 0.6) is 0 Å². The van der Waals surface area contributed by atoms with Crippen molar-refractivity contribution in [3.05, 3.63) is 4.72 Å². The smallest absolute Gasteiger partial charge is 0.531 e. The van der Waals surface area contributed by atoms with E-state index in [0.29, 0.717) is 0 Å². The summed E-state index contributed by atoms with van der Waals surface area (Å²) in [6.07, 6.45) is -5.75. The van der Waals surface area contributed by atoms with Crippen LogP contribution in [0.2, 0.25) is 0 Å². The van der Waals surface area contributed by atoms with Crippen molar-refractivity contribution < 1.29 is 69.1 Å². The van der Waals surface area contributed by atoms with Crippen LogP contribution >= 0.6 is 0 Å². The number of rotatable bonds is 1. The first-order chi connectivity index (χ1) is 5.88. The Kier molecular flexibility index (Phi) is 5.67. The summed E-state index contributed by atoms with van der Waals surface area (Å²) >= 11 is 0. The number of hydrogen-bond donors (Lipinski definition) is 0. The molecular formula is C3F6NNaO3S. The molecule has 0 rings (SSSR count). The Labute approximate surface area is 101 Å². The molecule has 84 valence electrons. The zero-order valence-electron chi connectivity index (χ0n) is 6.85. The molecule has 4 nitrogen and oxygen atoms in total. The van der Waals surface area contributed by atoms with Gasteiger partial charge in [-0.25, -0.2) is 8.42 Å². The molecule has 0 N–H and O–H groups in total. The van der Waals surface area contributed by atoms with Crippen LogP contribution in [0.15, 0.2) is 0 Å². The minimum atomic E-state index is -6.42. The van der Waals surface area contributed by atoms with Crippen LogP contribution in [-0.2, 0) is 14.8 Å². The monoisotopic (exact) mass is 267 g/mol. The molecule has 0 saturated carbocycles. The van der Waals surface area contributed by atoms with E-state index >= 15 is 0 Å². The molecule has 15 heavy (non-hydrogen) atoms. The molecule has 0 unspecified atom stereocenters. The van der Waals surface area contributed by atoms with Crippen LogP contribution in [-0.4, -0.2) is 26.0 Å². The van der Waals surface area contributed by atoms with Gasteiger partial charge in [0.25, 0.3) is 0 Å². The van der Waals surface area contributed by atoms with E-state index < -0.39 is 27.6 Å². The van der Waals surface area contributed by atoms with Gasteiger partial charge in [0.2, 0.25) is 0 Å². The molecule has 0 heterocycles. The van der Waals surface area contributed by atoms with Gasteiger partial charge in [-0.1, -0.05) is 0 Å². The second-order valence-corrected chi connectivity index (χ2v) is 3.41. The standard InChI is InChI=1S/C3HF6NO3S.Na/c4-2(5,6)1(11)10-14(12,13)3(7,8)9;/h(H,10,11);/q;+1/p-1. The van der Waals surface area contributed by atoms with Crippen LogP contribution in [0.25, 0.3) is 4.72 Å². The molecule has 0 aliphatic rings. The van der Waals surface area contributed by atoms with Crippen molar-refractivity contribution in [2.24, 2.45) is 0 Å². The minimum absolute atomic E-state index is 0. The summed E-state index contributed by atoms with van der Waals surface area (Å²) in [5.74, 6) is -3.32. The third-order valence-electron chi connectivity index (χ3n) is 0.738. The van der Waals surface area contributed by atoms with Gasteiger partial charge in [0, 0.05) is 0 Å². The first-order valence-electron chi connectivity index (χ1n) is 2.53. The fraction of sp³-hybridized carbons (Fsp3) is 0.667. The maximum Gasteiger partial charge on any atom is 1.00 e. The topological polar surface area (TPSA) is 65.3 Å². The van der Waals surface area contributed by atoms with E-state index in [1.54, 1.807) is 0 Å². The first kappa shape index (κ1) is 17.4. The normalized spacial score (nSPS) is 12.9. The summed E-state index contributed by atoms with van der Waals surface area (Å²) in [5.41, 5.74) is -6.02. The molecular weight excluding hydrogens is 267 g/mol. The zero-order chi connectivity index (χ0) is 11.8. The quantitative estimate of drug-likeness (QED) is 0.420. The van der Waals surface area contributed by atoms with Crippen molar-refractivity contribution in [2.75, 3.05) is 0 Å². The van der Waals surface area contributed by atoms with Gasteiger partial charge < -0.3 is 9.52 Å². The Bertz CT molecular complexity index is 331. The molecule has 0 spiro atoms. The van der Waals surface area contributed by atoms with Gasteiger partial charge in [-0.3, -0.25) is 0 Å². The van der Waals surface area contributed by atoms with E-state index in [4.69, 9.17) is 0 Å². The summed E-state index contributed by atoms with van der Waals surface area (Å²) < 4.78 is 88.8. The number of alkyl halides is 6. The Morgan fingerprint density at radius 3 is 1.53 bits per heavy atom. The fourth-order valence-corrected chi connectivity index (χ4v) is 0.638. The van der Waals surface area contributed by atoms with E-state index in [0.717, 1.165) is 4.72 Å². The fourth-order valence-electron chi connectivity index (χ4n) is 0.213. The Morgan fingerprint density at radius 1 is 1.00 bits per heavy atom. The Balaban J connectivity index is 0. The van der Waals surface area contributed by atoms with Gasteiger partial charge in [0.05, 0.1) is 0 Å². The van der Waals surface area contributed by atoms with E-state index in [9.17, 15) is 39.6 Å². The van der Waals surface area contributed by atoms with Gasteiger partial charge in [-0.15, -0.1) is 0 Å². The molecule has 0 aromatic heterocycles. The van der Waals surface area contributed by atoms with Gasteiger partial charge in [0.1, 0.15) is 0 Å². The molecule has 0 fully saturated rings.